The van der Waals surface area contributed by atoms with Gasteiger partial charge >= 0.3 is 0 Å². The fourth-order valence-electron chi connectivity index (χ4n) is 4.15. The number of hydrogen-bond donors (Lipinski definition) is 3. The molecule has 1 fully saturated rings. The number of rotatable bonds is 8. The third-order valence-corrected chi connectivity index (χ3v) is 6.50. The van der Waals surface area contributed by atoms with Crippen LogP contribution < -0.4 is 15.8 Å². The van der Waals surface area contributed by atoms with Crippen LogP contribution in [0.5, 0.6) is 0 Å². The van der Waals surface area contributed by atoms with Gasteiger partial charge in [-0.15, -0.1) is 0 Å². The highest BCUT2D eigenvalue weighted by Crippen LogP contribution is 2.39. The van der Waals surface area contributed by atoms with Crippen LogP contribution in [0.3, 0.4) is 0 Å². The second-order valence-electron chi connectivity index (χ2n) is 7.51. The molecule has 1 aliphatic rings. The molecule has 4 N–H and O–H groups in total. The van der Waals surface area contributed by atoms with Gasteiger partial charge in [0, 0.05) is 23.0 Å². The van der Waals surface area contributed by atoms with Gasteiger partial charge in [0.15, 0.2) is 0 Å². The predicted octanol–water partition coefficient (Wildman–Crippen LogP) is 4.08. The lowest BCUT2D eigenvalue weighted by molar-refractivity contribution is 0.252. The minimum absolute atomic E-state index is 0.0858. The average Bonchev–Trinajstić information content (AvgIpc) is 2.69. The first kappa shape index (κ1) is 20.5. The van der Waals surface area contributed by atoms with Crippen LogP contribution in [-0.4, -0.2) is 25.4 Å². The van der Waals surface area contributed by atoms with Gasteiger partial charge in [0.1, 0.15) is 6.26 Å². The SMILES string of the molecule is C[SH+]Nc1cccc(CCNC2CCC(CN)(c3cccc(Cl)c3)CC2)c1. The number of hydrogen-bond acceptors (Lipinski definition) is 3. The Morgan fingerprint density at radius 2 is 1.93 bits per heavy atom. The molecule has 146 valence electrons. The van der Waals surface area contributed by atoms with E-state index in [2.05, 4.69) is 52.7 Å². The van der Waals surface area contributed by atoms with Gasteiger partial charge in [-0.25, -0.2) is 4.72 Å². The Morgan fingerprint density at radius 3 is 2.63 bits per heavy atom. The van der Waals surface area contributed by atoms with Crippen LogP contribution in [-0.2, 0) is 23.8 Å². The first-order valence-corrected chi connectivity index (χ1v) is 11.5. The van der Waals surface area contributed by atoms with Gasteiger partial charge in [-0.3, -0.25) is 0 Å². The molecule has 0 unspecified atom stereocenters. The maximum absolute atomic E-state index is 6.21. The van der Waals surface area contributed by atoms with Crippen molar-refractivity contribution in [1.29, 1.82) is 0 Å². The topological polar surface area (TPSA) is 50.1 Å². The van der Waals surface area contributed by atoms with Crippen molar-refractivity contribution in [2.24, 2.45) is 5.73 Å². The highest BCUT2D eigenvalue weighted by Gasteiger charge is 2.35. The van der Waals surface area contributed by atoms with E-state index in [0.29, 0.717) is 12.6 Å². The van der Waals surface area contributed by atoms with Crippen molar-refractivity contribution in [3.05, 3.63) is 64.7 Å². The molecule has 1 saturated carbocycles. The van der Waals surface area contributed by atoms with E-state index >= 15 is 0 Å². The van der Waals surface area contributed by atoms with Gasteiger partial charge in [0.2, 0.25) is 0 Å². The van der Waals surface area contributed by atoms with Gasteiger partial charge in [0.25, 0.3) is 0 Å². The zero-order valence-electron chi connectivity index (χ0n) is 16.0. The van der Waals surface area contributed by atoms with E-state index < -0.39 is 0 Å². The molecule has 0 radical (unpaired) electrons. The molecule has 2 aromatic rings. The van der Waals surface area contributed by atoms with Gasteiger partial charge < -0.3 is 11.1 Å². The van der Waals surface area contributed by atoms with Crippen LogP contribution in [0.15, 0.2) is 48.5 Å². The summed E-state index contributed by atoms with van der Waals surface area (Å²) in [7, 11) is 0. The van der Waals surface area contributed by atoms with Gasteiger partial charge in [-0.1, -0.05) is 35.9 Å². The molecular formula is C22H31ClN3S+. The maximum Gasteiger partial charge on any atom is 0.120 e. The summed E-state index contributed by atoms with van der Waals surface area (Å²) in [4.78, 5) is 0. The normalized spacial score (nSPS) is 22.6. The van der Waals surface area contributed by atoms with E-state index in [0.717, 1.165) is 30.8 Å². The number of nitrogens with one attached hydrogen (secondary N) is 2. The molecule has 27 heavy (non-hydrogen) atoms. The molecule has 1 aliphatic carbocycles. The molecule has 0 spiro atoms. The van der Waals surface area contributed by atoms with Crippen molar-refractivity contribution >= 4 is 29.2 Å². The molecule has 0 aromatic heterocycles. The van der Waals surface area contributed by atoms with Crippen molar-refractivity contribution < 1.29 is 0 Å². The summed E-state index contributed by atoms with van der Waals surface area (Å²) in [5, 5.41) is 4.56. The fourth-order valence-corrected chi connectivity index (χ4v) is 4.74. The summed E-state index contributed by atoms with van der Waals surface area (Å²) in [5.41, 5.74) is 10.2. The summed E-state index contributed by atoms with van der Waals surface area (Å²) in [5.74, 6) is 0. The second kappa shape index (κ2) is 9.83. The Morgan fingerprint density at radius 1 is 1.15 bits per heavy atom. The van der Waals surface area contributed by atoms with Crippen LogP contribution in [0, 0.1) is 0 Å². The van der Waals surface area contributed by atoms with Crippen LogP contribution in [0.4, 0.5) is 5.69 Å². The lowest BCUT2D eigenvalue weighted by Gasteiger charge is -2.40. The summed E-state index contributed by atoms with van der Waals surface area (Å²) >= 11 is 7.39. The number of anilines is 1. The second-order valence-corrected chi connectivity index (χ2v) is 8.62. The van der Waals surface area contributed by atoms with Gasteiger partial charge in [0.05, 0.1) is 17.6 Å². The number of nitrogens with two attached hydrogens (primary N) is 1. The summed E-state index contributed by atoms with van der Waals surface area (Å²) < 4.78 is 3.35. The van der Waals surface area contributed by atoms with E-state index in [1.807, 2.05) is 12.1 Å². The lowest BCUT2D eigenvalue weighted by atomic mass is 9.68. The quantitative estimate of drug-likeness (QED) is 0.459. The van der Waals surface area contributed by atoms with Crippen LogP contribution in [0.25, 0.3) is 0 Å². The zero-order valence-corrected chi connectivity index (χ0v) is 17.7. The van der Waals surface area contributed by atoms with Crippen molar-refractivity contribution in [3.8, 4) is 0 Å². The first-order valence-electron chi connectivity index (χ1n) is 9.78. The lowest BCUT2D eigenvalue weighted by Crippen LogP contribution is -2.44. The number of thiol groups is 1. The Balaban J connectivity index is 1.50. The van der Waals surface area contributed by atoms with E-state index in [1.165, 1.54) is 41.6 Å². The third kappa shape index (κ3) is 5.41. The van der Waals surface area contributed by atoms with Crippen LogP contribution >= 0.6 is 11.6 Å². The Labute approximate surface area is 172 Å². The molecule has 0 heterocycles. The summed E-state index contributed by atoms with van der Waals surface area (Å²) in [6.45, 7) is 1.71. The van der Waals surface area contributed by atoms with Gasteiger partial charge in [-0.2, -0.15) is 0 Å². The Kier molecular flexibility index (Phi) is 7.48. The Bertz CT molecular complexity index is 729. The molecule has 0 saturated heterocycles. The molecule has 0 amide bonds. The molecule has 0 atom stereocenters. The van der Waals surface area contributed by atoms with E-state index in [4.69, 9.17) is 17.3 Å². The van der Waals surface area contributed by atoms with Crippen molar-refractivity contribution in [2.45, 2.75) is 43.6 Å². The number of halogens is 1. The maximum atomic E-state index is 6.21. The average molecular weight is 405 g/mol. The minimum atomic E-state index is 0.0858. The largest absolute Gasteiger partial charge is 0.330 e. The highest BCUT2D eigenvalue weighted by atomic mass is 35.5. The van der Waals surface area contributed by atoms with Crippen molar-refractivity contribution in [3.63, 3.8) is 0 Å². The fraction of sp³-hybridized carbons (Fsp3) is 0.455. The zero-order chi connectivity index (χ0) is 19.1. The van der Waals surface area contributed by atoms with Crippen molar-refractivity contribution in [1.82, 2.24) is 5.32 Å². The minimum Gasteiger partial charge on any atom is -0.330 e. The first-order chi connectivity index (χ1) is 13.1. The molecule has 3 rings (SSSR count). The smallest absolute Gasteiger partial charge is 0.120 e. The van der Waals surface area contributed by atoms with E-state index in [1.54, 1.807) is 0 Å². The van der Waals surface area contributed by atoms with Crippen LogP contribution in [0.2, 0.25) is 5.02 Å². The molecule has 3 nitrogen and oxygen atoms in total. The standard InChI is InChI=1S/C22H30ClN3S/c1-27-26-21-7-2-4-17(14-21)10-13-25-20-8-11-22(16-24,12-9-20)18-5-3-6-19(23)15-18/h2-7,14-15,20,25-26H,8-13,16,24H2,1H3/p+1. The predicted molar refractivity (Wildman–Crippen MR) is 121 cm³/mol. The van der Waals surface area contributed by atoms with Gasteiger partial charge in [-0.05, 0) is 74.0 Å². The molecule has 5 heteroatoms. The van der Waals surface area contributed by atoms with E-state index in [9.17, 15) is 0 Å². The molecular weight excluding hydrogens is 374 g/mol. The molecule has 0 aliphatic heterocycles. The highest BCUT2D eigenvalue weighted by molar-refractivity contribution is 7.79. The Hall–Kier alpha value is -1.20. The monoisotopic (exact) mass is 404 g/mol. The summed E-state index contributed by atoms with van der Waals surface area (Å²) in [6, 6.07) is 17.5. The molecule has 0 bridgehead atoms. The van der Waals surface area contributed by atoms with E-state index in [-0.39, 0.29) is 5.41 Å². The summed E-state index contributed by atoms with van der Waals surface area (Å²) in [6.07, 6.45) is 7.73. The van der Waals surface area contributed by atoms with Crippen LogP contribution in [0.1, 0.15) is 36.8 Å². The molecule has 2 aromatic carbocycles. The third-order valence-electron chi connectivity index (χ3n) is 5.79. The van der Waals surface area contributed by atoms with Crippen molar-refractivity contribution in [2.75, 3.05) is 24.1 Å². The number of benzene rings is 2.